The van der Waals surface area contributed by atoms with Crippen LogP contribution in [0.1, 0.15) is 39.5 Å². The van der Waals surface area contributed by atoms with Gasteiger partial charge in [0.1, 0.15) is 0 Å². The lowest BCUT2D eigenvalue weighted by atomic mass is 9.64. The monoisotopic (exact) mass is 239 g/mol. The summed E-state index contributed by atoms with van der Waals surface area (Å²) in [6.45, 7) is 5.64. The maximum absolute atomic E-state index is 4.84. The average molecular weight is 239 g/mol. The highest BCUT2D eigenvalue weighted by Gasteiger charge is 2.37. The summed E-state index contributed by atoms with van der Waals surface area (Å²) < 4.78 is 0. The molecule has 17 heavy (non-hydrogen) atoms. The van der Waals surface area contributed by atoms with Gasteiger partial charge in [0.25, 0.3) is 0 Å². The molecule has 0 N–H and O–H groups in total. The fraction of sp³-hybridized carbons (Fsp3) is 0.929. The Kier molecular flexibility index (Phi) is 4.84. The van der Waals surface area contributed by atoms with E-state index in [1.54, 1.807) is 0 Å². The summed E-state index contributed by atoms with van der Waals surface area (Å²) in [6, 6.07) is 0. The molecule has 0 unspecified atom stereocenters. The molecule has 0 aliphatic heterocycles. The summed E-state index contributed by atoms with van der Waals surface area (Å²) >= 11 is 0. The van der Waals surface area contributed by atoms with Gasteiger partial charge in [-0.1, -0.05) is 20.3 Å². The van der Waals surface area contributed by atoms with Gasteiger partial charge in [0.2, 0.25) is 0 Å². The van der Waals surface area contributed by atoms with Crippen molar-refractivity contribution in [3.8, 4) is 0 Å². The minimum absolute atomic E-state index is 0.505. The third-order valence-corrected chi connectivity index (χ3v) is 3.61. The van der Waals surface area contributed by atoms with Crippen LogP contribution < -0.4 is 0 Å². The molecular formula is C14H29N3. The van der Waals surface area contributed by atoms with E-state index in [2.05, 4.69) is 51.8 Å². The van der Waals surface area contributed by atoms with Crippen LogP contribution in [-0.2, 0) is 0 Å². The first-order valence-corrected chi connectivity index (χ1v) is 6.75. The van der Waals surface area contributed by atoms with Gasteiger partial charge in [0, 0.05) is 34.7 Å². The standard InChI is InChI=1S/C14H29N3/c1-12(2)10-14(8-7-9-14)11-15-13(16(3)4)17(5)6/h12H,7-11H2,1-6H3. The minimum Gasteiger partial charge on any atom is -0.349 e. The summed E-state index contributed by atoms with van der Waals surface area (Å²) in [5.41, 5.74) is 0.505. The van der Waals surface area contributed by atoms with Crippen LogP contribution in [0, 0.1) is 11.3 Å². The van der Waals surface area contributed by atoms with Gasteiger partial charge in [-0.15, -0.1) is 0 Å². The Hall–Kier alpha value is -0.730. The Morgan fingerprint density at radius 2 is 1.65 bits per heavy atom. The van der Waals surface area contributed by atoms with Crippen molar-refractivity contribution in [2.75, 3.05) is 34.7 Å². The van der Waals surface area contributed by atoms with Gasteiger partial charge >= 0.3 is 0 Å². The number of hydrogen-bond donors (Lipinski definition) is 0. The van der Waals surface area contributed by atoms with Crippen LogP contribution in [0.5, 0.6) is 0 Å². The molecule has 1 aliphatic rings. The molecule has 0 atom stereocenters. The SMILES string of the molecule is CC(C)CC1(CN=C(N(C)C)N(C)C)CCC1. The van der Waals surface area contributed by atoms with Gasteiger partial charge < -0.3 is 9.80 Å². The average Bonchev–Trinajstić information content (AvgIpc) is 2.11. The van der Waals surface area contributed by atoms with Crippen molar-refractivity contribution in [2.24, 2.45) is 16.3 Å². The number of hydrogen-bond acceptors (Lipinski definition) is 1. The van der Waals surface area contributed by atoms with E-state index >= 15 is 0 Å². The molecule has 0 heterocycles. The topological polar surface area (TPSA) is 18.8 Å². The molecule has 1 fully saturated rings. The number of nitrogens with zero attached hydrogens (tertiary/aromatic N) is 3. The zero-order valence-corrected chi connectivity index (χ0v) is 12.5. The molecule has 0 spiro atoms. The maximum Gasteiger partial charge on any atom is 0.195 e. The third kappa shape index (κ3) is 3.90. The first-order chi connectivity index (χ1) is 7.86. The van der Waals surface area contributed by atoms with Gasteiger partial charge in [-0.25, -0.2) is 0 Å². The molecule has 0 saturated heterocycles. The summed E-state index contributed by atoms with van der Waals surface area (Å²) in [5, 5.41) is 0. The molecule has 3 heteroatoms. The lowest BCUT2D eigenvalue weighted by molar-refractivity contribution is 0.111. The van der Waals surface area contributed by atoms with Gasteiger partial charge in [-0.2, -0.15) is 0 Å². The van der Waals surface area contributed by atoms with E-state index in [0.717, 1.165) is 18.4 Å². The number of guanidine groups is 1. The Morgan fingerprint density at radius 1 is 1.12 bits per heavy atom. The van der Waals surface area contributed by atoms with Gasteiger partial charge in [-0.05, 0) is 30.6 Å². The second-order valence-corrected chi connectivity index (χ2v) is 6.36. The Bertz CT molecular complexity index is 253. The minimum atomic E-state index is 0.505. The normalized spacial score (nSPS) is 17.6. The highest BCUT2D eigenvalue weighted by atomic mass is 15.3. The van der Waals surface area contributed by atoms with E-state index < -0.39 is 0 Å². The molecule has 0 bridgehead atoms. The van der Waals surface area contributed by atoms with Crippen LogP contribution in [0.4, 0.5) is 0 Å². The lowest BCUT2D eigenvalue weighted by Gasteiger charge is -2.42. The fourth-order valence-corrected chi connectivity index (χ4v) is 2.89. The quantitative estimate of drug-likeness (QED) is 0.555. The largest absolute Gasteiger partial charge is 0.349 e. The van der Waals surface area contributed by atoms with E-state index in [-0.39, 0.29) is 0 Å². The predicted molar refractivity (Wildman–Crippen MR) is 75.4 cm³/mol. The predicted octanol–water partition coefficient (Wildman–Crippen LogP) is 2.68. The van der Waals surface area contributed by atoms with Crippen LogP contribution in [0.25, 0.3) is 0 Å². The van der Waals surface area contributed by atoms with Crippen LogP contribution in [-0.4, -0.2) is 50.5 Å². The van der Waals surface area contributed by atoms with Gasteiger partial charge in [-0.3, -0.25) is 4.99 Å². The zero-order chi connectivity index (χ0) is 13.1. The molecule has 1 saturated carbocycles. The third-order valence-electron chi connectivity index (χ3n) is 3.61. The highest BCUT2D eigenvalue weighted by Crippen LogP contribution is 2.46. The molecule has 100 valence electrons. The number of aliphatic imine (C=N–C) groups is 1. The van der Waals surface area contributed by atoms with Gasteiger partial charge in [0.15, 0.2) is 5.96 Å². The van der Waals surface area contributed by atoms with Gasteiger partial charge in [0.05, 0.1) is 0 Å². The summed E-state index contributed by atoms with van der Waals surface area (Å²) in [6.07, 6.45) is 5.44. The molecule has 0 aromatic rings. The second kappa shape index (κ2) is 5.74. The molecule has 0 aromatic carbocycles. The molecule has 0 aromatic heterocycles. The van der Waals surface area contributed by atoms with E-state index in [1.807, 2.05) is 0 Å². The first-order valence-electron chi connectivity index (χ1n) is 6.75. The smallest absolute Gasteiger partial charge is 0.195 e. The summed E-state index contributed by atoms with van der Waals surface area (Å²) in [5.74, 6) is 1.87. The second-order valence-electron chi connectivity index (χ2n) is 6.36. The van der Waals surface area contributed by atoms with Crippen molar-refractivity contribution in [2.45, 2.75) is 39.5 Å². The molecule has 3 nitrogen and oxygen atoms in total. The Balaban J connectivity index is 2.65. The fourth-order valence-electron chi connectivity index (χ4n) is 2.89. The Labute approximate surface area is 107 Å². The van der Waals surface area contributed by atoms with Crippen LogP contribution in [0.3, 0.4) is 0 Å². The molecule has 0 amide bonds. The molecule has 1 rings (SSSR count). The first kappa shape index (κ1) is 14.3. The summed E-state index contributed by atoms with van der Waals surface area (Å²) in [7, 11) is 8.26. The van der Waals surface area contributed by atoms with Crippen molar-refractivity contribution in [1.82, 2.24) is 9.80 Å². The van der Waals surface area contributed by atoms with Crippen LogP contribution >= 0.6 is 0 Å². The lowest BCUT2D eigenvalue weighted by Crippen LogP contribution is -2.39. The van der Waals surface area contributed by atoms with E-state index in [9.17, 15) is 0 Å². The zero-order valence-electron chi connectivity index (χ0n) is 12.5. The maximum atomic E-state index is 4.84. The molecular weight excluding hydrogens is 210 g/mol. The van der Waals surface area contributed by atoms with Crippen LogP contribution in [0.2, 0.25) is 0 Å². The Morgan fingerprint density at radius 3 is 1.94 bits per heavy atom. The van der Waals surface area contributed by atoms with Crippen molar-refractivity contribution in [1.29, 1.82) is 0 Å². The van der Waals surface area contributed by atoms with Crippen molar-refractivity contribution in [3.63, 3.8) is 0 Å². The van der Waals surface area contributed by atoms with Crippen molar-refractivity contribution >= 4 is 5.96 Å². The van der Waals surface area contributed by atoms with Crippen LogP contribution in [0.15, 0.2) is 4.99 Å². The van der Waals surface area contributed by atoms with Crippen molar-refractivity contribution in [3.05, 3.63) is 0 Å². The molecule has 0 radical (unpaired) electrons. The van der Waals surface area contributed by atoms with Crippen molar-refractivity contribution < 1.29 is 0 Å². The highest BCUT2D eigenvalue weighted by molar-refractivity contribution is 5.79. The number of rotatable bonds is 4. The summed E-state index contributed by atoms with van der Waals surface area (Å²) in [4.78, 5) is 9.04. The van der Waals surface area contributed by atoms with E-state index in [0.29, 0.717) is 5.41 Å². The van der Waals surface area contributed by atoms with E-state index in [4.69, 9.17) is 4.99 Å². The molecule has 1 aliphatic carbocycles. The van der Waals surface area contributed by atoms with E-state index in [1.165, 1.54) is 25.7 Å².